The molecule has 0 bridgehead atoms. The average Bonchev–Trinajstić information content (AvgIpc) is 2.99. The number of carbonyl (C=O) groups is 1. The molecule has 0 unspecified atom stereocenters. The average molecular weight is 343 g/mol. The molecule has 0 saturated carbocycles. The Balaban J connectivity index is 1.86. The first kappa shape index (κ1) is 16.0. The van der Waals surface area contributed by atoms with Crippen LogP contribution in [0.1, 0.15) is 21.7 Å². The van der Waals surface area contributed by atoms with Crippen molar-refractivity contribution in [2.24, 2.45) is 0 Å². The number of nitrogens with one attached hydrogen (secondary N) is 1. The molecule has 6 heteroatoms. The lowest BCUT2D eigenvalue weighted by molar-refractivity contribution is 0.102. The number of hydrogen-bond donors (Lipinski definition) is 1. The molecule has 4 aromatic rings. The predicted octanol–water partition coefficient (Wildman–Crippen LogP) is 3.68. The maximum absolute atomic E-state index is 12.9. The first-order valence-electron chi connectivity index (χ1n) is 8.28. The Bertz CT molecular complexity index is 1090. The summed E-state index contributed by atoms with van der Waals surface area (Å²) < 4.78 is 1.77. The van der Waals surface area contributed by atoms with Gasteiger partial charge in [0, 0.05) is 11.9 Å². The van der Waals surface area contributed by atoms with E-state index in [1.165, 1.54) is 0 Å². The van der Waals surface area contributed by atoms with Gasteiger partial charge in [-0.1, -0.05) is 24.3 Å². The van der Waals surface area contributed by atoms with Crippen molar-refractivity contribution in [1.29, 1.82) is 0 Å². The van der Waals surface area contributed by atoms with Crippen LogP contribution in [0.25, 0.3) is 16.7 Å². The Morgan fingerprint density at radius 3 is 2.54 bits per heavy atom. The van der Waals surface area contributed by atoms with Crippen LogP contribution in [-0.4, -0.2) is 25.7 Å². The van der Waals surface area contributed by atoms with Crippen LogP contribution in [0.2, 0.25) is 0 Å². The van der Waals surface area contributed by atoms with Gasteiger partial charge in [-0.3, -0.25) is 4.79 Å². The predicted molar refractivity (Wildman–Crippen MR) is 101 cm³/mol. The quantitative estimate of drug-likeness (QED) is 0.616. The molecule has 6 nitrogen and oxygen atoms in total. The summed E-state index contributed by atoms with van der Waals surface area (Å²) in [5.74, 6) is 0.281. The van der Waals surface area contributed by atoms with Crippen molar-refractivity contribution in [1.82, 2.24) is 19.7 Å². The molecule has 0 atom stereocenters. The molecule has 0 saturated heterocycles. The fraction of sp³-hybridized carbons (Fsp3) is 0.100. The molecule has 3 aromatic heterocycles. The van der Waals surface area contributed by atoms with Gasteiger partial charge in [0.05, 0.1) is 22.3 Å². The molecule has 0 spiro atoms. The summed E-state index contributed by atoms with van der Waals surface area (Å²) in [5.41, 5.74) is 3.61. The summed E-state index contributed by atoms with van der Waals surface area (Å²) in [7, 11) is 0. The number of carbonyl (C=O) groups excluding carboxylic acids is 1. The fourth-order valence-corrected chi connectivity index (χ4v) is 2.96. The lowest BCUT2D eigenvalue weighted by atomic mass is 10.1. The summed E-state index contributed by atoms with van der Waals surface area (Å²) in [6, 6.07) is 16.9. The number of para-hydroxylation sites is 1. The van der Waals surface area contributed by atoms with Crippen LogP contribution in [-0.2, 0) is 0 Å². The number of benzene rings is 1. The second-order valence-corrected chi connectivity index (χ2v) is 6.01. The third kappa shape index (κ3) is 2.82. The molecule has 26 heavy (non-hydrogen) atoms. The number of pyridine rings is 2. The highest BCUT2D eigenvalue weighted by Gasteiger charge is 2.19. The summed E-state index contributed by atoms with van der Waals surface area (Å²) in [5, 5.41) is 8.19. The Morgan fingerprint density at radius 2 is 1.81 bits per heavy atom. The highest BCUT2D eigenvalue weighted by Crippen LogP contribution is 2.25. The molecule has 0 radical (unpaired) electrons. The Hall–Kier alpha value is -3.54. The molecule has 0 aliphatic rings. The zero-order chi connectivity index (χ0) is 18.1. The van der Waals surface area contributed by atoms with E-state index < -0.39 is 0 Å². The van der Waals surface area contributed by atoms with Gasteiger partial charge in [-0.05, 0) is 44.2 Å². The number of nitrogens with zero attached hydrogens (tertiary/aromatic N) is 4. The van der Waals surface area contributed by atoms with Crippen molar-refractivity contribution in [2.45, 2.75) is 13.8 Å². The standard InChI is InChI=1S/C20H17N5O/c1-13-12-16(20(26)23-17-10-6-7-11-21-17)18-14(2)24-25(19(18)22-13)15-8-4-3-5-9-15/h3-12H,1-2H3,(H,21,23,26). The van der Waals surface area contributed by atoms with E-state index >= 15 is 0 Å². The number of anilines is 1. The number of hydrogen-bond acceptors (Lipinski definition) is 4. The van der Waals surface area contributed by atoms with Gasteiger partial charge in [0.1, 0.15) is 5.82 Å². The van der Waals surface area contributed by atoms with Crippen LogP contribution in [0, 0.1) is 13.8 Å². The molecule has 1 N–H and O–H groups in total. The third-order valence-electron chi connectivity index (χ3n) is 4.09. The Morgan fingerprint density at radius 1 is 1.04 bits per heavy atom. The number of aryl methyl sites for hydroxylation is 2. The van der Waals surface area contributed by atoms with Gasteiger partial charge in [-0.2, -0.15) is 5.10 Å². The van der Waals surface area contributed by atoms with Crippen LogP contribution < -0.4 is 5.32 Å². The van der Waals surface area contributed by atoms with E-state index in [1.54, 1.807) is 29.1 Å². The lowest BCUT2D eigenvalue weighted by Gasteiger charge is -2.08. The van der Waals surface area contributed by atoms with E-state index in [0.29, 0.717) is 17.0 Å². The summed E-state index contributed by atoms with van der Waals surface area (Å²) in [6.45, 7) is 3.75. The molecule has 4 rings (SSSR count). The molecule has 1 aromatic carbocycles. The second-order valence-electron chi connectivity index (χ2n) is 6.01. The largest absolute Gasteiger partial charge is 0.307 e. The van der Waals surface area contributed by atoms with Crippen LogP contribution in [0.15, 0.2) is 60.8 Å². The topological polar surface area (TPSA) is 72.7 Å². The minimum atomic E-state index is -0.227. The zero-order valence-corrected chi connectivity index (χ0v) is 14.5. The normalized spacial score (nSPS) is 10.8. The number of aromatic nitrogens is 4. The van der Waals surface area contributed by atoms with E-state index in [9.17, 15) is 4.79 Å². The highest BCUT2D eigenvalue weighted by molar-refractivity contribution is 6.12. The van der Waals surface area contributed by atoms with Crippen molar-refractivity contribution in [3.63, 3.8) is 0 Å². The molecular weight excluding hydrogens is 326 g/mol. The second kappa shape index (κ2) is 6.40. The summed E-state index contributed by atoms with van der Waals surface area (Å²) >= 11 is 0. The van der Waals surface area contributed by atoms with Crippen molar-refractivity contribution < 1.29 is 4.79 Å². The van der Waals surface area contributed by atoms with Crippen molar-refractivity contribution in [3.05, 3.63) is 77.7 Å². The van der Waals surface area contributed by atoms with Crippen molar-refractivity contribution >= 4 is 22.8 Å². The number of fused-ring (bicyclic) bond motifs is 1. The molecule has 1 amide bonds. The summed E-state index contributed by atoms with van der Waals surface area (Å²) in [6.07, 6.45) is 1.64. The van der Waals surface area contributed by atoms with E-state index in [0.717, 1.165) is 22.5 Å². The lowest BCUT2D eigenvalue weighted by Crippen LogP contribution is -2.14. The van der Waals surface area contributed by atoms with Crippen molar-refractivity contribution in [2.75, 3.05) is 5.32 Å². The smallest absolute Gasteiger partial charge is 0.257 e. The minimum Gasteiger partial charge on any atom is -0.307 e. The molecule has 0 fully saturated rings. The van der Waals surface area contributed by atoms with E-state index in [4.69, 9.17) is 0 Å². The zero-order valence-electron chi connectivity index (χ0n) is 14.5. The maximum Gasteiger partial charge on any atom is 0.257 e. The Kier molecular flexibility index (Phi) is 3.93. The van der Waals surface area contributed by atoms with Gasteiger partial charge in [0.15, 0.2) is 5.65 Å². The highest BCUT2D eigenvalue weighted by atomic mass is 16.1. The fourth-order valence-electron chi connectivity index (χ4n) is 2.96. The molecule has 128 valence electrons. The Labute approximate surface area is 150 Å². The van der Waals surface area contributed by atoms with Gasteiger partial charge in [-0.25, -0.2) is 14.6 Å². The summed E-state index contributed by atoms with van der Waals surface area (Å²) in [4.78, 5) is 21.6. The van der Waals surface area contributed by atoms with Gasteiger partial charge in [0.25, 0.3) is 5.91 Å². The maximum atomic E-state index is 12.9. The van der Waals surface area contributed by atoms with Crippen LogP contribution in [0.5, 0.6) is 0 Å². The molecular formula is C20H17N5O. The molecule has 0 aliphatic carbocycles. The minimum absolute atomic E-state index is 0.227. The molecule has 3 heterocycles. The van der Waals surface area contributed by atoms with Crippen LogP contribution in [0.3, 0.4) is 0 Å². The number of amides is 1. The monoisotopic (exact) mass is 343 g/mol. The van der Waals surface area contributed by atoms with Crippen LogP contribution in [0.4, 0.5) is 5.82 Å². The molecule has 0 aliphatic heterocycles. The number of rotatable bonds is 3. The first-order chi connectivity index (χ1) is 12.6. The van der Waals surface area contributed by atoms with Gasteiger partial charge in [-0.15, -0.1) is 0 Å². The van der Waals surface area contributed by atoms with Gasteiger partial charge < -0.3 is 5.32 Å². The van der Waals surface area contributed by atoms with E-state index in [1.807, 2.05) is 50.2 Å². The first-order valence-corrected chi connectivity index (χ1v) is 8.28. The van der Waals surface area contributed by atoms with Gasteiger partial charge >= 0.3 is 0 Å². The van der Waals surface area contributed by atoms with E-state index in [-0.39, 0.29) is 5.91 Å². The van der Waals surface area contributed by atoms with Crippen molar-refractivity contribution in [3.8, 4) is 5.69 Å². The van der Waals surface area contributed by atoms with E-state index in [2.05, 4.69) is 20.4 Å². The SMILES string of the molecule is Cc1cc(C(=O)Nc2ccccn2)c2c(C)nn(-c3ccccc3)c2n1. The van der Waals surface area contributed by atoms with Crippen LogP contribution >= 0.6 is 0 Å². The van der Waals surface area contributed by atoms with Gasteiger partial charge in [0.2, 0.25) is 0 Å². The third-order valence-corrected chi connectivity index (χ3v) is 4.09.